The molecule has 1 fully saturated rings. The Morgan fingerprint density at radius 3 is 2.83 bits per heavy atom. The zero-order valence-corrected chi connectivity index (χ0v) is 20.0. The number of alkyl halides is 2. The van der Waals surface area contributed by atoms with Crippen molar-refractivity contribution in [2.24, 2.45) is 13.0 Å². The number of aromatic nitrogens is 5. The topological polar surface area (TPSA) is 113 Å². The lowest BCUT2D eigenvalue weighted by atomic mass is 9.90. The minimum Gasteiger partial charge on any atom is -0.465 e. The molecule has 2 aliphatic carbocycles. The van der Waals surface area contributed by atoms with E-state index in [0.717, 1.165) is 41.0 Å². The second-order valence-electron chi connectivity index (χ2n) is 8.66. The van der Waals surface area contributed by atoms with Gasteiger partial charge in [-0.1, -0.05) is 0 Å². The molecule has 0 unspecified atom stereocenters. The molecule has 3 aromatic heterocycles. The largest absolute Gasteiger partial charge is 0.465 e. The average molecular weight is 507 g/mol. The van der Waals surface area contributed by atoms with Crippen molar-refractivity contribution in [3.63, 3.8) is 0 Å². The molecule has 3 aromatic rings. The molecular weight excluding hydrogens is 482 g/mol. The summed E-state index contributed by atoms with van der Waals surface area (Å²) in [5.74, 6) is 0.471. The van der Waals surface area contributed by atoms with Crippen LogP contribution in [0.3, 0.4) is 0 Å². The van der Waals surface area contributed by atoms with Gasteiger partial charge < -0.3 is 14.8 Å². The average Bonchev–Trinajstić information content (AvgIpc) is 3.34. The van der Waals surface area contributed by atoms with Gasteiger partial charge in [-0.15, -0.1) is 26.6 Å². The second-order valence-corrected chi connectivity index (χ2v) is 9.85. The van der Waals surface area contributed by atoms with Crippen molar-refractivity contribution in [2.45, 2.75) is 51.2 Å². The van der Waals surface area contributed by atoms with Crippen molar-refractivity contribution in [1.82, 2.24) is 24.5 Å². The molecule has 186 valence electrons. The number of hydrogen-bond donors (Lipinski definition) is 1. The number of nitrogens with zero attached hydrogens (tertiary/aromatic N) is 5. The Labute approximate surface area is 203 Å². The fourth-order valence-corrected chi connectivity index (χ4v) is 5.80. The highest BCUT2D eigenvalue weighted by molar-refractivity contribution is 7.12. The third kappa shape index (κ3) is 4.77. The van der Waals surface area contributed by atoms with Crippen molar-refractivity contribution in [3.8, 4) is 5.88 Å². The van der Waals surface area contributed by atoms with Crippen molar-refractivity contribution in [2.75, 3.05) is 12.4 Å². The van der Waals surface area contributed by atoms with Gasteiger partial charge in [0.25, 0.3) is 0 Å². The van der Waals surface area contributed by atoms with E-state index in [0.29, 0.717) is 23.8 Å². The summed E-state index contributed by atoms with van der Waals surface area (Å²) < 4.78 is 37.7. The number of carbonyl (C=O) groups excluding carboxylic acids is 2. The summed E-state index contributed by atoms with van der Waals surface area (Å²) in [4.78, 5) is 27.1. The van der Waals surface area contributed by atoms with E-state index < -0.39 is 12.6 Å². The second kappa shape index (κ2) is 9.36. The SMILES string of the molecule is COC(=O)c1c(CC(=O)C2CC2)sc2c1C[C@@H](n1cnnc1Nc1cc(OC(F)F)nn1C)CC2. The molecule has 0 spiro atoms. The van der Waals surface area contributed by atoms with E-state index in [4.69, 9.17) is 4.74 Å². The summed E-state index contributed by atoms with van der Waals surface area (Å²) in [5.41, 5.74) is 1.42. The van der Waals surface area contributed by atoms with Crippen LogP contribution in [0.5, 0.6) is 5.88 Å². The first-order chi connectivity index (χ1) is 16.8. The molecule has 2 aliphatic rings. The first-order valence-corrected chi connectivity index (χ1v) is 12.1. The lowest BCUT2D eigenvalue weighted by Gasteiger charge is -2.25. The molecule has 0 amide bonds. The summed E-state index contributed by atoms with van der Waals surface area (Å²) in [6.45, 7) is -2.98. The molecule has 13 heteroatoms. The van der Waals surface area contributed by atoms with E-state index in [1.807, 2.05) is 4.57 Å². The minimum absolute atomic E-state index is 0.0602. The smallest absolute Gasteiger partial charge is 0.388 e. The first kappa shape index (κ1) is 23.4. The standard InChI is InChI=1S/C22H24F2N6O4S/c1-29-17(9-18(28-29)34-21(23)24)26-22-27-25-10-30(22)12-5-6-15-13(7-12)19(20(32)33-2)16(35-15)8-14(31)11-3-4-11/h9-12,21H,3-8H2,1-2H3,(H,26,27)/t12-/m0/s1. The highest BCUT2D eigenvalue weighted by atomic mass is 32.1. The Hall–Kier alpha value is -3.35. The predicted octanol–water partition coefficient (Wildman–Crippen LogP) is 3.46. The molecule has 1 atom stereocenters. The summed E-state index contributed by atoms with van der Waals surface area (Å²) >= 11 is 1.53. The lowest BCUT2D eigenvalue weighted by molar-refractivity contribution is -0.119. The fourth-order valence-electron chi connectivity index (χ4n) is 4.45. The van der Waals surface area contributed by atoms with Gasteiger partial charge in [0, 0.05) is 41.2 Å². The van der Waals surface area contributed by atoms with E-state index in [9.17, 15) is 18.4 Å². The molecule has 0 radical (unpaired) electrons. The number of ether oxygens (including phenoxy) is 2. The first-order valence-electron chi connectivity index (χ1n) is 11.2. The van der Waals surface area contributed by atoms with Crippen molar-refractivity contribution >= 4 is 34.9 Å². The van der Waals surface area contributed by atoms with Crippen molar-refractivity contribution in [3.05, 3.63) is 33.3 Å². The van der Waals surface area contributed by atoms with Crippen molar-refractivity contribution in [1.29, 1.82) is 0 Å². The van der Waals surface area contributed by atoms with Gasteiger partial charge in [0.05, 0.1) is 12.7 Å². The zero-order chi connectivity index (χ0) is 24.7. The number of Topliss-reactive ketones (excluding diaryl/α,β-unsaturated/α-hetero) is 1. The molecule has 10 nitrogen and oxygen atoms in total. The maximum absolute atomic E-state index is 12.7. The Morgan fingerprint density at radius 1 is 1.31 bits per heavy atom. The summed E-state index contributed by atoms with van der Waals surface area (Å²) in [5, 5.41) is 15.1. The van der Waals surface area contributed by atoms with Crippen LogP contribution >= 0.6 is 11.3 Å². The maximum atomic E-state index is 12.7. The lowest BCUT2D eigenvalue weighted by Crippen LogP contribution is -2.21. The number of fused-ring (bicyclic) bond motifs is 1. The highest BCUT2D eigenvalue weighted by Crippen LogP contribution is 2.41. The quantitative estimate of drug-likeness (QED) is 0.439. The summed E-state index contributed by atoms with van der Waals surface area (Å²) in [6, 6.07) is 1.29. The number of nitrogens with one attached hydrogen (secondary N) is 1. The number of esters is 1. The van der Waals surface area contributed by atoms with Crippen molar-refractivity contribution < 1.29 is 27.8 Å². The molecule has 0 aliphatic heterocycles. The van der Waals surface area contributed by atoms with E-state index in [1.165, 1.54) is 29.2 Å². The van der Waals surface area contributed by atoms with E-state index in [-0.39, 0.29) is 30.0 Å². The predicted molar refractivity (Wildman–Crippen MR) is 121 cm³/mol. The molecule has 0 saturated heterocycles. The molecule has 1 N–H and O–H groups in total. The highest BCUT2D eigenvalue weighted by Gasteiger charge is 2.35. The van der Waals surface area contributed by atoms with Crippen LogP contribution < -0.4 is 10.1 Å². The van der Waals surface area contributed by atoms with Gasteiger partial charge in [0.2, 0.25) is 11.8 Å². The van der Waals surface area contributed by atoms with Gasteiger partial charge in [-0.05, 0) is 37.7 Å². The molecular formula is C22H24F2N6O4S. The Balaban J connectivity index is 1.39. The van der Waals surface area contributed by atoms with Gasteiger partial charge in [0.1, 0.15) is 17.9 Å². The van der Waals surface area contributed by atoms with E-state index in [1.54, 1.807) is 13.4 Å². The number of thiophene rings is 1. The molecule has 0 aromatic carbocycles. The van der Waals surface area contributed by atoms with Crippen LogP contribution in [-0.2, 0) is 35.8 Å². The summed E-state index contributed by atoms with van der Waals surface area (Å²) in [7, 11) is 2.94. The molecule has 5 rings (SSSR count). The summed E-state index contributed by atoms with van der Waals surface area (Å²) in [6.07, 6.45) is 5.77. The van der Waals surface area contributed by atoms with Gasteiger partial charge in [-0.25, -0.2) is 9.48 Å². The van der Waals surface area contributed by atoms with Crippen LogP contribution in [-0.4, -0.2) is 50.0 Å². The monoisotopic (exact) mass is 506 g/mol. The van der Waals surface area contributed by atoms with Gasteiger partial charge in [-0.3, -0.25) is 9.36 Å². The van der Waals surface area contributed by atoms with Crippen LogP contribution in [0.15, 0.2) is 12.4 Å². The number of aryl methyl sites for hydroxylation is 2. The number of hydrogen-bond acceptors (Lipinski definition) is 9. The fraction of sp³-hybridized carbons (Fsp3) is 0.500. The number of rotatable bonds is 9. The number of carbonyl (C=O) groups is 2. The van der Waals surface area contributed by atoms with Crippen LogP contribution in [0.25, 0.3) is 0 Å². The Morgan fingerprint density at radius 2 is 2.11 bits per heavy atom. The maximum Gasteiger partial charge on any atom is 0.388 e. The van der Waals surface area contributed by atoms with E-state index in [2.05, 4.69) is 25.3 Å². The van der Waals surface area contributed by atoms with Crippen LogP contribution in [0.2, 0.25) is 0 Å². The normalized spacial score (nSPS) is 17.3. The van der Waals surface area contributed by atoms with E-state index >= 15 is 0 Å². The van der Waals surface area contributed by atoms with Gasteiger partial charge in [-0.2, -0.15) is 8.78 Å². The molecule has 35 heavy (non-hydrogen) atoms. The molecule has 0 bridgehead atoms. The minimum atomic E-state index is -2.98. The molecule has 1 saturated carbocycles. The molecule has 3 heterocycles. The number of anilines is 2. The zero-order valence-electron chi connectivity index (χ0n) is 19.2. The Bertz CT molecular complexity index is 1260. The van der Waals surface area contributed by atoms with Gasteiger partial charge >= 0.3 is 12.6 Å². The number of ketones is 1. The number of methoxy groups -OCH3 is 1. The van der Waals surface area contributed by atoms with Gasteiger partial charge in [0.15, 0.2) is 0 Å². The Kier molecular flexibility index (Phi) is 6.26. The third-order valence-electron chi connectivity index (χ3n) is 6.34. The number of halogens is 2. The van der Waals surface area contributed by atoms with Crippen LogP contribution in [0, 0.1) is 5.92 Å². The third-order valence-corrected chi connectivity index (χ3v) is 7.63. The van der Waals surface area contributed by atoms with Crippen LogP contribution in [0.1, 0.15) is 51.0 Å². The van der Waals surface area contributed by atoms with Crippen LogP contribution in [0.4, 0.5) is 20.5 Å².